The Morgan fingerprint density at radius 2 is 1.95 bits per heavy atom. The van der Waals surface area contributed by atoms with Gasteiger partial charge in [-0.05, 0) is 31.3 Å². The van der Waals surface area contributed by atoms with Crippen molar-refractivity contribution in [2.24, 2.45) is 7.05 Å². The molecule has 0 atom stereocenters. The summed E-state index contributed by atoms with van der Waals surface area (Å²) < 4.78 is 4.05. The van der Waals surface area contributed by atoms with Crippen molar-refractivity contribution in [2.45, 2.75) is 52.0 Å². The summed E-state index contributed by atoms with van der Waals surface area (Å²) in [4.78, 5) is 4.53. The van der Waals surface area contributed by atoms with Gasteiger partial charge in [-0.2, -0.15) is 16.9 Å². The fourth-order valence-electron chi connectivity index (χ4n) is 2.75. The van der Waals surface area contributed by atoms with Crippen LogP contribution in [0.2, 0.25) is 0 Å². The number of anilines is 1. The molecule has 0 saturated heterocycles. The van der Waals surface area contributed by atoms with E-state index >= 15 is 0 Å². The Morgan fingerprint density at radius 1 is 1.19 bits per heavy atom. The van der Waals surface area contributed by atoms with E-state index in [0.29, 0.717) is 5.95 Å². The van der Waals surface area contributed by atoms with Crippen molar-refractivity contribution in [3.05, 3.63) is 5.69 Å². The average Bonchev–Trinajstić information content (AvgIpc) is 2.93. The fraction of sp³-hybridized carbons (Fsp3) is 0.733. The van der Waals surface area contributed by atoms with Gasteiger partial charge in [-0.1, -0.05) is 26.2 Å². The van der Waals surface area contributed by atoms with Gasteiger partial charge < -0.3 is 5.73 Å². The molecule has 118 valence electrons. The number of fused-ring (bicyclic) bond motifs is 1. The number of hydrogen-bond acceptors (Lipinski definition) is 4. The van der Waals surface area contributed by atoms with Gasteiger partial charge in [0.15, 0.2) is 5.65 Å². The summed E-state index contributed by atoms with van der Waals surface area (Å²) in [5.41, 5.74) is 9.23. The third-order valence-electron chi connectivity index (χ3n) is 3.79. The van der Waals surface area contributed by atoms with Crippen LogP contribution in [0.1, 0.15) is 44.7 Å². The van der Waals surface area contributed by atoms with E-state index < -0.39 is 0 Å². The molecule has 2 rings (SSSR count). The first kappa shape index (κ1) is 16.2. The minimum atomic E-state index is 0.625. The molecule has 21 heavy (non-hydrogen) atoms. The molecule has 0 aliphatic carbocycles. The number of thioether (sulfide) groups is 1. The molecule has 0 aliphatic heterocycles. The van der Waals surface area contributed by atoms with E-state index in [2.05, 4.69) is 27.8 Å². The van der Waals surface area contributed by atoms with Crippen molar-refractivity contribution in [1.82, 2.24) is 19.3 Å². The molecule has 0 fully saturated rings. The number of hydrogen-bond donors (Lipinski definition) is 1. The van der Waals surface area contributed by atoms with Crippen molar-refractivity contribution in [2.75, 3.05) is 17.7 Å². The number of nitrogens with zero attached hydrogens (tertiary/aromatic N) is 4. The summed E-state index contributed by atoms with van der Waals surface area (Å²) in [5.74, 6) is 1.89. The molecule has 6 heteroatoms. The zero-order chi connectivity index (χ0) is 15.2. The Balaban J connectivity index is 2.04. The molecular weight excluding hydrogens is 282 g/mol. The molecule has 2 heterocycles. The number of nitrogen functional groups attached to an aromatic ring is 1. The van der Waals surface area contributed by atoms with E-state index in [1.54, 1.807) is 0 Å². The molecule has 0 saturated carbocycles. The van der Waals surface area contributed by atoms with Crippen LogP contribution >= 0.6 is 11.8 Å². The molecule has 0 aliphatic rings. The van der Waals surface area contributed by atoms with Crippen LogP contribution in [0.3, 0.4) is 0 Å². The predicted octanol–water partition coefficient (Wildman–Crippen LogP) is 3.23. The minimum absolute atomic E-state index is 0.625. The fourth-order valence-corrected chi connectivity index (χ4v) is 3.25. The minimum Gasteiger partial charge on any atom is -0.369 e. The van der Waals surface area contributed by atoms with Crippen LogP contribution in [-0.4, -0.2) is 31.3 Å². The second kappa shape index (κ2) is 7.73. The Hall–Kier alpha value is -1.17. The zero-order valence-electron chi connectivity index (χ0n) is 13.4. The van der Waals surface area contributed by atoms with Crippen molar-refractivity contribution in [3.63, 3.8) is 0 Å². The Bertz CT molecular complexity index is 572. The largest absolute Gasteiger partial charge is 0.369 e. The van der Waals surface area contributed by atoms with Gasteiger partial charge in [-0.3, -0.25) is 9.25 Å². The summed E-state index contributed by atoms with van der Waals surface area (Å²) in [6, 6.07) is 0. The highest BCUT2D eigenvalue weighted by Crippen LogP contribution is 2.22. The second-order valence-electron chi connectivity index (χ2n) is 5.52. The van der Waals surface area contributed by atoms with E-state index in [-0.39, 0.29) is 0 Å². The van der Waals surface area contributed by atoms with E-state index in [4.69, 9.17) is 5.73 Å². The number of imidazole rings is 1. The molecule has 5 nitrogen and oxygen atoms in total. The maximum absolute atomic E-state index is 6.10. The Labute approximate surface area is 131 Å². The smallest absolute Gasteiger partial charge is 0.202 e. The van der Waals surface area contributed by atoms with Crippen molar-refractivity contribution < 1.29 is 0 Å². The van der Waals surface area contributed by atoms with Crippen LogP contribution in [0.25, 0.3) is 11.2 Å². The van der Waals surface area contributed by atoms with E-state index in [9.17, 15) is 0 Å². The molecule has 2 aromatic rings. The third kappa shape index (κ3) is 3.73. The molecule has 2 N–H and O–H groups in total. The van der Waals surface area contributed by atoms with E-state index in [1.165, 1.54) is 25.0 Å². The predicted molar refractivity (Wildman–Crippen MR) is 91.8 cm³/mol. The van der Waals surface area contributed by atoms with Gasteiger partial charge in [0, 0.05) is 13.6 Å². The van der Waals surface area contributed by atoms with Crippen LogP contribution < -0.4 is 5.73 Å². The van der Waals surface area contributed by atoms with Crippen LogP contribution in [0, 0.1) is 0 Å². The van der Waals surface area contributed by atoms with Crippen molar-refractivity contribution in [3.8, 4) is 0 Å². The number of nitrogens with two attached hydrogens (primary N) is 1. The lowest BCUT2D eigenvalue weighted by Gasteiger charge is -2.06. The lowest BCUT2D eigenvalue weighted by Crippen LogP contribution is -2.07. The highest BCUT2D eigenvalue weighted by atomic mass is 32.2. The Morgan fingerprint density at radius 3 is 2.67 bits per heavy atom. The quantitative estimate of drug-likeness (QED) is 0.722. The van der Waals surface area contributed by atoms with Crippen LogP contribution in [0.4, 0.5) is 5.95 Å². The summed E-state index contributed by atoms with van der Waals surface area (Å²) >= 11 is 1.92. The number of aromatic nitrogens is 4. The summed E-state index contributed by atoms with van der Waals surface area (Å²) in [7, 11) is 1.98. The topological polar surface area (TPSA) is 61.7 Å². The lowest BCUT2D eigenvalue weighted by molar-refractivity contribution is 0.586. The first-order chi connectivity index (χ1) is 10.2. The van der Waals surface area contributed by atoms with Crippen molar-refractivity contribution >= 4 is 28.9 Å². The molecule has 0 bridgehead atoms. The summed E-state index contributed by atoms with van der Waals surface area (Å²) in [6.45, 7) is 3.10. The molecule has 0 radical (unpaired) electrons. The van der Waals surface area contributed by atoms with Gasteiger partial charge in [0.1, 0.15) is 5.52 Å². The van der Waals surface area contributed by atoms with Crippen LogP contribution in [-0.2, 0) is 20.0 Å². The third-order valence-corrected chi connectivity index (χ3v) is 4.48. The maximum atomic E-state index is 6.10. The lowest BCUT2D eigenvalue weighted by atomic mass is 10.2. The normalized spacial score (nSPS) is 11.6. The van der Waals surface area contributed by atoms with E-state index in [1.807, 2.05) is 23.5 Å². The van der Waals surface area contributed by atoms with Gasteiger partial charge in [0.25, 0.3) is 0 Å². The zero-order valence-corrected chi connectivity index (χ0v) is 14.2. The molecule has 0 unspecified atom stereocenters. The number of aryl methyl sites for hydroxylation is 3. The molecule has 0 amide bonds. The Kier molecular flexibility index (Phi) is 5.96. The van der Waals surface area contributed by atoms with Crippen molar-refractivity contribution in [1.29, 1.82) is 0 Å². The summed E-state index contributed by atoms with van der Waals surface area (Å²) in [5, 5.41) is 4.59. The summed E-state index contributed by atoms with van der Waals surface area (Å²) in [6.07, 6.45) is 9.21. The first-order valence-corrected chi connectivity index (χ1v) is 9.25. The molecule has 2 aromatic heterocycles. The van der Waals surface area contributed by atoms with Gasteiger partial charge in [-0.25, -0.2) is 4.98 Å². The molecule has 0 spiro atoms. The molecular formula is C15H27N5S. The van der Waals surface area contributed by atoms with Gasteiger partial charge in [0.2, 0.25) is 5.95 Å². The monoisotopic (exact) mass is 309 g/mol. The maximum Gasteiger partial charge on any atom is 0.202 e. The van der Waals surface area contributed by atoms with Gasteiger partial charge >= 0.3 is 0 Å². The molecule has 0 aromatic carbocycles. The standard InChI is InChI=1S/C15H27N5S/c1-4-9-12-13-14(19(2)18-12)20(15(16)17-13)10-7-5-6-8-11-21-3/h4-11H2,1-3H3,(H2,16,17). The average molecular weight is 309 g/mol. The van der Waals surface area contributed by atoms with Gasteiger partial charge in [0.05, 0.1) is 5.69 Å². The number of rotatable bonds is 9. The van der Waals surface area contributed by atoms with Crippen LogP contribution in [0.15, 0.2) is 0 Å². The number of unbranched alkanes of at least 4 members (excludes halogenated alkanes) is 3. The highest BCUT2D eigenvalue weighted by Gasteiger charge is 2.16. The highest BCUT2D eigenvalue weighted by molar-refractivity contribution is 7.98. The van der Waals surface area contributed by atoms with Crippen LogP contribution in [0.5, 0.6) is 0 Å². The second-order valence-corrected chi connectivity index (χ2v) is 6.51. The first-order valence-electron chi connectivity index (χ1n) is 7.85. The van der Waals surface area contributed by atoms with Gasteiger partial charge in [-0.15, -0.1) is 0 Å². The van der Waals surface area contributed by atoms with E-state index in [0.717, 1.165) is 42.7 Å². The SMILES string of the molecule is CCCc1nn(C)c2c1nc(N)n2CCCCCCSC.